The summed E-state index contributed by atoms with van der Waals surface area (Å²) in [4.78, 5) is 17.2. The van der Waals surface area contributed by atoms with E-state index in [-0.39, 0.29) is 13.4 Å². The molecule has 7 nitrogen and oxygen atoms in total. The van der Waals surface area contributed by atoms with E-state index in [2.05, 4.69) is 455 Å². The zero-order chi connectivity index (χ0) is 73.6. The number of aryl methyl sites for hydroxylation is 2. The lowest BCUT2D eigenvalue weighted by atomic mass is 9.33. The van der Waals surface area contributed by atoms with E-state index in [0.717, 1.165) is 119 Å². The molecule has 111 heavy (non-hydrogen) atoms. The molecule has 4 aliphatic rings. The van der Waals surface area contributed by atoms with Crippen LogP contribution in [0.5, 0.6) is 0 Å². The molecule has 0 amide bonds. The summed E-state index contributed by atoms with van der Waals surface area (Å²) in [7, 11) is 0. The molecular weight excluding hydrogens is 1340 g/mol. The summed E-state index contributed by atoms with van der Waals surface area (Å²) in [5, 5.41) is 2.47. The van der Waals surface area contributed by atoms with Crippen LogP contribution in [0.2, 0.25) is 0 Å². The predicted molar refractivity (Wildman–Crippen MR) is 471 cm³/mol. The van der Waals surface area contributed by atoms with Gasteiger partial charge in [-0.3, -0.25) is 0 Å². The second-order valence-corrected chi connectivity index (χ2v) is 29.4. The van der Waals surface area contributed by atoms with Crippen LogP contribution in [0.25, 0.3) is 21.9 Å². The number of hydrogen-bond acceptors (Lipinski definition) is 7. The van der Waals surface area contributed by atoms with Crippen molar-refractivity contribution in [3.8, 4) is 11.1 Å². The quantitative estimate of drug-likeness (QED) is 0.1000. The maximum absolute atomic E-state index is 2.54. The maximum Gasteiger partial charge on any atom is 0.252 e. The number of benzene rings is 17. The molecular formula is C102H73B2N7. The first-order valence-electron chi connectivity index (χ1n) is 38.4. The summed E-state index contributed by atoms with van der Waals surface area (Å²) in [6.07, 6.45) is 0. The molecule has 522 valence electrons. The second-order valence-electron chi connectivity index (χ2n) is 29.4. The van der Waals surface area contributed by atoms with E-state index in [4.69, 9.17) is 0 Å². The lowest BCUT2D eigenvalue weighted by molar-refractivity contribution is 1.23. The van der Waals surface area contributed by atoms with Crippen LogP contribution in [0.4, 0.5) is 119 Å². The van der Waals surface area contributed by atoms with Gasteiger partial charge in [0.05, 0.1) is 0 Å². The van der Waals surface area contributed by atoms with Gasteiger partial charge in [0.15, 0.2) is 0 Å². The van der Waals surface area contributed by atoms with Gasteiger partial charge in [0.1, 0.15) is 0 Å². The van der Waals surface area contributed by atoms with Crippen LogP contribution in [-0.4, -0.2) is 13.4 Å². The summed E-state index contributed by atoms with van der Waals surface area (Å²) >= 11 is 0. The van der Waals surface area contributed by atoms with Gasteiger partial charge in [0, 0.05) is 119 Å². The maximum atomic E-state index is 2.54. The Hall–Kier alpha value is -14.3. The van der Waals surface area contributed by atoms with Crippen molar-refractivity contribution in [2.75, 3.05) is 34.3 Å². The van der Waals surface area contributed by atoms with Crippen LogP contribution >= 0.6 is 0 Å². The molecule has 0 fully saturated rings. The Morgan fingerprint density at radius 3 is 0.964 bits per heavy atom. The zero-order valence-corrected chi connectivity index (χ0v) is 61.5. The van der Waals surface area contributed by atoms with E-state index in [9.17, 15) is 0 Å². The van der Waals surface area contributed by atoms with Gasteiger partial charge < -0.3 is 34.3 Å². The molecule has 0 saturated carbocycles. The number of hydrogen-bond donors (Lipinski definition) is 0. The van der Waals surface area contributed by atoms with Gasteiger partial charge in [-0.15, -0.1) is 0 Å². The Balaban J connectivity index is 0.704. The Morgan fingerprint density at radius 2 is 0.523 bits per heavy atom. The Labute approximate surface area is 649 Å². The van der Waals surface area contributed by atoms with Crippen molar-refractivity contribution in [1.82, 2.24) is 0 Å². The fourth-order valence-electron chi connectivity index (χ4n) is 17.9. The highest BCUT2D eigenvalue weighted by molar-refractivity contribution is 7.02. The molecule has 21 rings (SSSR count). The average Bonchev–Trinajstić information content (AvgIpc) is 0.700. The summed E-state index contributed by atoms with van der Waals surface area (Å²) in [5.41, 5.74) is 35.5. The van der Waals surface area contributed by atoms with Crippen molar-refractivity contribution < 1.29 is 0 Å². The summed E-state index contributed by atoms with van der Waals surface area (Å²) in [5.74, 6) is 0. The molecule has 0 unspecified atom stereocenters. The zero-order valence-electron chi connectivity index (χ0n) is 61.5. The monoisotopic (exact) mass is 1420 g/mol. The first-order chi connectivity index (χ1) is 54.9. The molecule has 4 heterocycles. The van der Waals surface area contributed by atoms with E-state index < -0.39 is 0 Å². The van der Waals surface area contributed by atoms with Gasteiger partial charge >= 0.3 is 0 Å². The normalized spacial score (nSPS) is 12.7. The van der Waals surface area contributed by atoms with Crippen molar-refractivity contribution >= 4 is 176 Å². The van der Waals surface area contributed by atoms with Gasteiger partial charge in [0.2, 0.25) is 0 Å². The topological polar surface area (TPSA) is 22.7 Å². The Morgan fingerprint density at radius 1 is 0.198 bits per heavy atom. The molecule has 0 aliphatic carbocycles. The molecule has 0 aromatic heterocycles. The summed E-state index contributed by atoms with van der Waals surface area (Å²) in [6, 6.07) is 150. The van der Waals surface area contributed by atoms with Crippen LogP contribution in [0, 0.1) is 13.8 Å². The van der Waals surface area contributed by atoms with Crippen molar-refractivity contribution in [3.05, 3.63) is 418 Å². The second kappa shape index (κ2) is 26.9. The Bertz CT molecular complexity index is 6310. The standard InChI is InChI=1S/C102H73B2N7/c1-70-46-53-82(54-47-70)109-92-42-24-43-93-101(92)103(89-62-59-85(67-97(89)109)105(75-28-9-3-10-29-75)76-30-11-4-12-31-76)90-63-60-87(68-98(90)110(93)83-55-48-71(2)49-56-83)107(79-36-17-7-18-37-79)81-57-50-72(51-58-81)74-27-23-40-84(66-74)111-95-45-25-44-94-102(95)104(100-88-41-22-21-26-73(88)52-65-96(100)108(94)80-38-19-8-20-39-80)91-64-61-86(69-99(91)111)106(77-32-13-5-14-33-77)78-34-15-6-16-35-78/h3-69H,1-2H3. The lowest BCUT2D eigenvalue weighted by Crippen LogP contribution is -2.61. The molecule has 0 bridgehead atoms. The molecule has 0 N–H and O–H groups in total. The highest BCUT2D eigenvalue weighted by Crippen LogP contribution is 2.51. The van der Waals surface area contributed by atoms with E-state index in [1.54, 1.807) is 0 Å². The molecule has 17 aromatic carbocycles. The van der Waals surface area contributed by atoms with E-state index in [0.29, 0.717) is 0 Å². The van der Waals surface area contributed by atoms with Crippen LogP contribution < -0.4 is 67.1 Å². The van der Waals surface area contributed by atoms with Gasteiger partial charge in [-0.2, -0.15) is 0 Å². The van der Waals surface area contributed by atoms with E-state index >= 15 is 0 Å². The minimum absolute atomic E-state index is 0.0854. The van der Waals surface area contributed by atoms with Crippen molar-refractivity contribution in [1.29, 1.82) is 0 Å². The number of rotatable bonds is 14. The van der Waals surface area contributed by atoms with E-state index in [1.165, 1.54) is 66.1 Å². The molecule has 17 aromatic rings. The van der Waals surface area contributed by atoms with Gasteiger partial charge in [-0.1, -0.05) is 230 Å². The third-order valence-corrected chi connectivity index (χ3v) is 22.8. The summed E-state index contributed by atoms with van der Waals surface area (Å²) in [6.45, 7) is 4.15. The molecule has 0 saturated heterocycles. The minimum atomic E-state index is -0.108. The van der Waals surface area contributed by atoms with Gasteiger partial charge in [0.25, 0.3) is 13.4 Å². The SMILES string of the molecule is Cc1ccc(N2c3cc(N(c4ccccc4)c4ccccc4)ccc3B3c4ccc(N(c5ccccc5)c5ccc(-c6cccc(N7c8cc(N(c9ccccc9)c9ccccc9)ccc8B8c9c7cccc9N(c7ccccc7)c7ccc9ccccc9c78)c6)cc5)cc4N(c4ccc(C)cc4)c4cccc2c43)cc1. The number of nitrogens with zero attached hydrogens (tertiary/aromatic N) is 7. The highest BCUT2D eigenvalue weighted by atomic mass is 15.2. The van der Waals surface area contributed by atoms with Crippen molar-refractivity contribution in [3.63, 3.8) is 0 Å². The molecule has 9 heteroatoms. The van der Waals surface area contributed by atoms with Crippen LogP contribution in [-0.2, 0) is 0 Å². The fourth-order valence-corrected chi connectivity index (χ4v) is 17.9. The molecule has 0 spiro atoms. The van der Waals surface area contributed by atoms with E-state index in [1.807, 2.05) is 0 Å². The molecule has 0 atom stereocenters. The van der Waals surface area contributed by atoms with Crippen molar-refractivity contribution in [2.24, 2.45) is 0 Å². The lowest BCUT2D eigenvalue weighted by Gasteiger charge is -2.44. The number of para-hydroxylation sites is 6. The Kier molecular flexibility index (Phi) is 15.8. The third-order valence-electron chi connectivity index (χ3n) is 22.8. The average molecular weight is 1420 g/mol. The first kappa shape index (κ1) is 65.1. The molecule has 4 aliphatic heterocycles. The predicted octanol–water partition coefficient (Wildman–Crippen LogP) is 23.7. The minimum Gasteiger partial charge on any atom is -0.311 e. The van der Waals surface area contributed by atoms with Gasteiger partial charge in [-0.05, 0) is 257 Å². The number of fused-ring (bicyclic) bond motifs is 10. The molecule has 0 radical (unpaired) electrons. The van der Waals surface area contributed by atoms with Crippen LogP contribution in [0.3, 0.4) is 0 Å². The largest absolute Gasteiger partial charge is 0.311 e. The van der Waals surface area contributed by atoms with Gasteiger partial charge in [-0.25, -0.2) is 0 Å². The van der Waals surface area contributed by atoms with Crippen LogP contribution in [0.15, 0.2) is 406 Å². The summed E-state index contributed by atoms with van der Waals surface area (Å²) < 4.78 is 0. The fraction of sp³-hybridized carbons (Fsp3) is 0.0196. The smallest absolute Gasteiger partial charge is 0.252 e. The number of anilines is 21. The third kappa shape index (κ3) is 11.0. The van der Waals surface area contributed by atoms with Crippen molar-refractivity contribution in [2.45, 2.75) is 13.8 Å². The highest BCUT2D eigenvalue weighted by Gasteiger charge is 2.46. The first-order valence-corrected chi connectivity index (χ1v) is 38.4. The van der Waals surface area contributed by atoms with Crippen LogP contribution in [0.1, 0.15) is 11.1 Å².